The molecule has 0 fully saturated rings. The summed E-state index contributed by atoms with van der Waals surface area (Å²) in [6.45, 7) is 3.02. The van der Waals surface area contributed by atoms with Gasteiger partial charge in [0, 0.05) is 13.1 Å². The Morgan fingerprint density at radius 2 is 2.36 bits per heavy atom. The largest absolute Gasteiger partial charge is 0.368 e. The highest BCUT2D eigenvalue weighted by molar-refractivity contribution is 5.84. The van der Waals surface area contributed by atoms with Crippen molar-refractivity contribution in [3.63, 3.8) is 0 Å². The molecule has 0 bridgehead atoms. The molecule has 0 aliphatic rings. The number of fused-ring (bicyclic) bond motifs is 1. The van der Waals surface area contributed by atoms with Crippen molar-refractivity contribution in [1.82, 2.24) is 15.1 Å². The highest BCUT2D eigenvalue weighted by atomic mass is 16.5. The topological polar surface area (TPSA) is 89.9 Å². The van der Waals surface area contributed by atoms with Gasteiger partial charge in [0.25, 0.3) is 5.71 Å². The molecule has 6 heteroatoms. The van der Waals surface area contributed by atoms with Crippen LogP contribution in [0.15, 0.2) is 10.7 Å². The van der Waals surface area contributed by atoms with Crippen LogP contribution in [0.25, 0.3) is 11.1 Å². The minimum atomic E-state index is 0.497. The third-order valence-corrected chi connectivity index (χ3v) is 1.78. The molecule has 0 amide bonds. The fraction of sp³-hybridized carbons (Fsp3) is 0.375. The van der Waals surface area contributed by atoms with Gasteiger partial charge in [0.1, 0.15) is 17.0 Å². The summed E-state index contributed by atoms with van der Waals surface area (Å²) in [6, 6.07) is 0. The Bertz CT molecular complexity index is 438. The monoisotopic (exact) mass is 193 g/mol. The van der Waals surface area contributed by atoms with Crippen molar-refractivity contribution in [2.75, 3.05) is 18.4 Å². The number of anilines is 1. The van der Waals surface area contributed by atoms with Gasteiger partial charge < -0.3 is 15.6 Å². The minimum Gasteiger partial charge on any atom is -0.368 e. The summed E-state index contributed by atoms with van der Waals surface area (Å²) in [5.41, 5.74) is 5.89. The predicted molar refractivity (Wildman–Crippen MR) is 51.9 cm³/mol. The maximum Gasteiger partial charge on any atom is 0.263 e. The third-order valence-electron chi connectivity index (χ3n) is 1.78. The van der Waals surface area contributed by atoms with Gasteiger partial charge in [0.05, 0.1) is 6.20 Å². The number of nitrogens with one attached hydrogen (secondary N) is 1. The molecule has 0 atom stereocenters. The van der Waals surface area contributed by atoms with Crippen molar-refractivity contribution in [1.29, 1.82) is 0 Å². The molecule has 0 aliphatic carbocycles. The first-order valence-corrected chi connectivity index (χ1v) is 4.34. The van der Waals surface area contributed by atoms with Gasteiger partial charge in [-0.2, -0.15) is 4.98 Å². The summed E-state index contributed by atoms with van der Waals surface area (Å²) in [6.07, 6.45) is 1.59. The lowest BCUT2D eigenvalue weighted by molar-refractivity contribution is 0.448. The van der Waals surface area contributed by atoms with Crippen LogP contribution in [0.1, 0.15) is 5.82 Å². The normalized spacial score (nSPS) is 10.7. The van der Waals surface area contributed by atoms with Crippen LogP contribution in [0.4, 0.5) is 5.82 Å². The molecule has 0 spiro atoms. The van der Waals surface area contributed by atoms with E-state index in [2.05, 4.69) is 20.4 Å². The van der Waals surface area contributed by atoms with Gasteiger partial charge in [-0.25, -0.2) is 4.98 Å². The Morgan fingerprint density at radius 1 is 1.50 bits per heavy atom. The predicted octanol–water partition coefficient (Wildman–Crippen LogP) is 0.297. The summed E-state index contributed by atoms with van der Waals surface area (Å²) < 4.78 is 4.95. The Labute approximate surface area is 80.5 Å². The van der Waals surface area contributed by atoms with E-state index in [1.165, 1.54) is 0 Å². The van der Waals surface area contributed by atoms with E-state index in [0.717, 1.165) is 11.2 Å². The van der Waals surface area contributed by atoms with Crippen LogP contribution in [-0.2, 0) is 0 Å². The van der Waals surface area contributed by atoms with Crippen LogP contribution in [-0.4, -0.2) is 28.2 Å². The summed E-state index contributed by atoms with van der Waals surface area (Å²) in [4.78, 5) is 8.33. The van der Waals surface area contributed by atoms with Crippen molar-refractivity contribution in [2.24, 2.45) is 5.73 Å². The molecule has 0 radical (unpaired) electrons. The molecule has 2 aromatic heterocycles. The lowest BCUT2D eigenvalue weighted by Crippen LogP contribution is -2.14. The van der Waals surface area contributed by atoms with Crippen molar-refractivity contribution in [2.45, 2.75) is 6.92 Å². The van der Waals surface area contributed by atoms with E-state index in [4.69, 9.17) is 10.3 Å². The lowest BCUT2D eigenvalue weighted by atomic mass is 10.4. The molecule has 14 heavy (non-hydrogen) atoms. The zero-order valence-electron chi connectivity index (χ0n) is 7.82. The van der Waals surface area contributed by atoms with Crippen LogP contribution >= 0.6 is 0 Å². The van der Waals surface area contributed by atoms with Crippen LogP contribution in [0.3, 0.4) is 0 Å². The van der Waals surface area contributed by atoms with Crippen LogP contribution in [0.2, 0.25) is 0 Å². The van der Waals surface area contributed by atoms with E-state index in [9.17, 15) is 0 Å². The van der Waals surface area contributed by atoms with Gasteiger partial charge in [-0.3, -0.25) is 0 Å². The second kappa shape index (κ2) is 3.59. The highest BCUT2D eigenvalue weighted by Gasteiger charge is 2.08. The van der Waals surface area contributed by atoms with Crippen molar-refractivity contribution in [3.05, 3.63) is 12.0 Å². The Kier molecular flexibility index (Phi) is 2.28. The lowest BCUT2D eigenvalue weighted by Gasteiger charge is -2.03. The first-order valence-electron chi connectivity index (χ1n) is 4.34. The van der Waals surface area contributed by atoms with E-state index in [0.29, 0.717) is 24.6 Å². The van der Waals surface area contributed by atoms with Crippen molar-refractivity contribution < 1.29 is 4.52 Å². The summed E-state index contributed by atoms with van der Waals surface area (Å²) >= 11 is 0. The summed E-state index contributed by atoms with van der Waals surface area (Å²) in [5, 5.41) is 7.53. The number of rotatable bonds is 3. The Morgan fingerprint density at radius 3 is 3.14 bits per heavy atom. The maximum atomic E-state index is 5.39. The molecule has 0 aromatic carbocycles. The Balaban J connectivity index is 2.44. The van der Waals surface area contributed by atoms with E-state index >= 15 is 0 Å². The van der Waals surface area contributed by atoms with E-state index in [1.807, 2.05) is 0 Å². The highest BCUT2D eigenvalue weighted by Crippen LogP contribution is 2.18. The van der Waals surface area contributed by atoms with E-state index in [-0.39, 0.29) is 0 Å². The molecule has 2 heterocycles. The third kappa shape index (κ3) is 1.51. The fourth-order valence-corrected chi connectivity index (χ4v) is 1.20. The maximum absolute atomic E-state index is 5.39. The van der Waals surface area contributed by atoms with E-state index < -0.39 is 0 Å². The smallest absolute Gasteiger partial charge is 0.263 e. The SMILES string of the molecule is Cc1nc(NCCN)c2cnoc2n1. The molecule has 2 rings (SSSR count). The van der Waals surface area contributed by atoms with Gasteiger partial charge >= 0.3 is 0 Å². The molecule has 0 saturated carbocycles. The number of nitrogens with two attached hydrogens (primary N) is 1. The average molecular weight is 193 g/mol. The van der Waals surface area contributed by atoms with Gasteiger partial charge in [-0.15, -0.1) is 0 Å². The zero-order chi connectivity index (χ0) is 9.97. The summed E-state index contributed by atoms with van der Waals surface area (Å²) in [7, 11) is 0. The fourth-order valence-electron chi connectivity index (χ4n) is 1.20. The molecule has 0 aliphatic heterocycles. The molecule has 3 N–H and O–H groups in total. The molecule has 0 unspecified atom stereocenters. The molecular formula is C8H11N5O. The van der Waals surface area contributed by atoms with Crippen LogP contribution < -0.4 is 11.1 Å². The second-order valence-electron chi connectivity index (χ2n) is 2.88. The molecule has 74 valence electrons. The van der Waals surface area contributed by atoms with Crippen molar-refractivity contribution in [3.8, 4) is 0 Å². The molecule has 0 saturated heterocycles. The zero-order valence-corrected chi connectivity index (χ0v) is 7.82. The van der Waals surface area contributed by atoms with Gasteiger partial charge in [0.15, 0.2) is 0 Å². The first-order chi connectivity index (χ1) is 6.81. The van der Waals surface area contributed by atoms with Gasteiger partial charge in [0.2, 0.25) is 0 Å². The van der Waals surface area contributed by atoms with E-state index in [1.54, 1.807) is 13.1 Å². The van der Waals surface area contributed by atoms with Crippen LogP contribution in [0.5, 0.6) is 0 Å². The number of hydrogen-bond acceptors (Lipinski definition) is 6. The first kappa shape index (κ1) is 8.89. The number of nitrogens with zero attached hydrogens (tertiary/aromatic N) is 3. The second-order valence-corrected chi connectivity index (χ2v) is 2.88. The number of aromatic nitrogens is 3. The molecule has 2 aromatic rings. The quantitative estimate of drug-likeness (QED) is 0.728. The van der Waals surface area contributed by atoms with Crippen molar-refractivity contribution >= 4 is 16.9 Å². The van der Waals surface area contributed by atoms with Gasteiger partial charge in [-0.1, -0.05) is 5.16 Å². The van der Waals surface area contributed by atoms with Gasteiger partial charge in [-0.05, 0) is 6.92 Å². The Hall–Kier alpha value is -1.69. The average Bonchev–Trinajstić information content (AvgIpc) is 2.61. The summed E-state index contributed by atoms with van der Waals surface area (Å²) in [5.74, 6) is 1.37. The standard InChI is InChI=1S/C8H11N5O/c1-5-12-7(10-3-2-9)6-4-11-14-8(6)13-5/h4H,2-3,9H2,1H3,(H,10,12,13). The van der Waals surface area contributed by atoms with Crippen LogP contribution in [0, 0.1) is 6.92 Å². The molecule has 6 nitrogen and oxygen atoms in total. The number of hydrogen-bond donors (Lipinski definition) is 2. The minimum absolute atomic E-state index is 0.497. The molecular weight excluding hydrogens is 182 g/mol. The number of aryl methyl sites for hydroxylation is 1.